The lowest BCUT2D eigenvalue weighted by molar-refractivity contribution is -0.146. The smallest absolute Gasteiger partial charge is 0.309 e. The highest BCUT2D eigenvalue weighted by Gasteiger charge is 2.27. The maximum absolute atomic E-state index is 12.0. The van der Waals surface area contributed by atoms with Gasteiger partial charge in [0.2, 0.25) is 0 Å². The largest absolute Gasteiger partial charge is 0.481 e. The van der Waals surface area contributed by atoms with Gasteiger partial charge in [0, 0.05) is 6.42 Å². The third-order valence-electron chi connectivity index (χ3n) is 3.38. The van der Waals surface area contributed by atoms with Gasteiger partial charge in [-0.25, -0.2) is 4.98 Å². The van der Waals surface area contributed by atoms with Crippen LogP contribution in [0.2, 0.25) is 0 Å². The fraction of sp³-hybridized carbons (Fsp3) is 0.400. The van der Waals surface area contributed by atoms with Crippen molar-refractivity contribution in [2.24, 2.45) is 5.41 Å². The number of aryl methyl sites for hydroxylation is 1. The van der Waals surface area contributed by atoms with Crippen molar-refractivity contribution >= 4 is 16.9 Å². The lowest BCUT2D eigenvalue weighted by Gasteiger charge is -2.19. The van der Waals surface area contributed by atoms with E-state index in [9.17, 15) is 9.59 Å². The van der Waals surface area contributed by atoms with Crippen molar-refractivity contribution < 1.29 is 9.90 Å². The molecule has 0 atom stereocenters. The Bertz CT molecular complexity index is 717. The molecule has 0 radical (unpaired) electrons. The van der Waals surface area contributed by atoms with Gasteiger partial charge < -0.3 is 10.1 Å². The van der Waals surface area contributed by atoms with Crippen LogP contribution in [-0.4, -0.2) is 21.0 Å². The van der Waals surface area contributed by atoms with E-state index < -0.39 is 11.4 Å². The zero-order valence-electron chi connectivity index (χ0n) is 11.9. The van der Waals surface area contributed by atoms with Gasteiger partial charge in [0.15, 0.2) is 0 Å². The summed E-state index contributed by atoms with van der Waals surface area (Å²) in [6.07, 6.45) is 1.03. The lowest BCUT2D eigenvalue weighted by Crippen LogP contribution is -2.26. The van der Waals surface area contributed by atoms with E-state index in [4.69, 9.17) is 5.11 Å². The molecule has 1 aromatic carbocycles. The molecule has 5 heteroatoms. The van der Waals surface area contributed by atoms with Crippen molar-refractivity contribution in [3.8, 4) is 0 Å². The molecule has 0 unspecified atom stereocenters. The number of nitrogens with one attached hydrogen (secondary N) is 1. The number of hydrogen-bond acceptors (Lipinski definition) is 3. The molecule has 0 aliphatic rings. The molecule has 0 aliphatic heterocycles. The van der Waals surface area contributed by atoms with E-state index in [1.807, 2.05) is 13.0 Å². The van der Waals surface area contributed by atoms with Gasteiger partial charge in [-0.3, -0.25) is 9.59 Å². The fourth-order valence-electron chi connectivity index (χ4n) is 2.10. The number of aromatic nitrogens is 2. The van der Waals surface area contributed by atoms with Crippen LogP contribution in [0.25, 0.3) is 10.9 Å². The van der Waals surface area contributed by atoms with Gasteiger partial charge in [-0.2, -0.15) is 0 Å². The minimum absolute atomic E-state index is 0.179. The Morgan fingerprint density at radius 2 is 2.10 bits per heavy atom. The van der Waals surface area contributed by atoms with E-state index in [1.54, 1.807) is 26.0 Å². The van der Waals surface area contributed by atoms with Gasteiger partial charge in [0.1, 0.15) is 5.82 Å². The highest BCUT2D eigenvalue weighted by molar-refractivity contribution is 5.79. The van der Waals surface area contributed by atoms with E-state index in [0.29, 0.717) is 29.6 Å². The first-order chi connectivity index (χ1) is 9.33. The number of rotatable bonds is 4. The van der Waals surface area contributed by atoms with Crippen molar-refractivity contribution in [3.05, 3.63) is 39.9 Å². The Hall–Kier alpha value is -2.17. The quantitative estimate of drug-likeness (QED) is 0.894. The van der Waals surface area contributed by atoms with Gasteiger partial charge >= 0.3 is 5.97 Å². The molecule has 0 fully saturated rings. The standard InChI is InChI=1S/C15H18N2O3/c1-4-12-16-11-6-5-9(7-10(11)13(18)17-12)8-15(2,3)14(19)20/h5-7H,4,8H2,1-3H3,(H,19,20)(H,16,17,18). The monoisotopic (exact) mass is 274 g/mol. The van der Waals surface area contributed by atoms with Crippen molar-refractivity contribution in [2.45, 2.75) is 33.6 Å². The number of carboxylic acid groups (broad SMARTS) is 1. The molecule has 0 bridgehead atoms. The van der Waals surface area contributed by atoms with Gasteiger partial charge in [0.05, 0.1) is 16.3 Å². The van der Waals surface area contributed by atoms with Crippen LogP contribution in [0.15, 0.2) is 23.0 Å². The number of H-pyrrole nitrogens is 1. The van der Waals surface area contributed by atoms with Crippen molar-refractivity contribution in [2.75, 3.05) is 0 Å². The second-order valence-corrected chi connectivity index (χ2v) is 5.58. The Labute approximate surface area is 116 Å². The van der Waals surface area contributed by atoms with Gasteiger partial charge in [0.25, 0.3) is 5.56 Å². The van der Waals surface area contributed by atoms with Crippen LogP contribution in [0.1, 0.15) is 32.2 Å². The molecule has 20 heavy (non-hydrogen) atoms. The molecule has 1 aromatic heterocycles. The minimum atomic E-state index is -0.864. The van der Waals surface area contributed by atoms with Crippen LogP contribution >= 0.6 is 0 Å². The maximum Gasteiger partial charge on any atom is 0.309 e. The zero-order valence-corrected chi connectivity index (χ0v) is 11.9. The van der Waals surface area contributed by atoms with Crippen molar-refractivity contribution in [1.82, 2.24) is 9.97 Å². The Morgan fingerprint density at radius 1 is 1.40 bits per heavy atom. The Balaban J connectivity index is 2.47. The summed E-state index contributed by atoms with van der Waals surface area (Å²) in [5, 5.41) is 9.66. The number of fused-ring (bicyclic) bond motifs is 1. The Morgan fingerprint density at radius 3 is 2.70 bits per heavy atom. The number of aliphatic carboxylic acids is 1. The van der Waals surface area contributed by atoms with Crippen LogP contribution in [0, 0.1) is 5.41 Å². The number of hydrogen-bond donors (Lipinski definition) is 2. The summed E-state index contributed by atoms with van der Waals surface area (Å²) in [6.45, 7) is 5.26. The second-order valence-electron chi connectivity index (χ2n) is 5.58. The fourth-order valence-corrected chi connectivity index (χ4v) is 2.10. The molecule has 0 amide bonds. The van der Waals surface area contributed by atoms with E-state index in [-0.39, 0.29) is 5.56 Å². The molecule has 0 saturated heterocycles. The van der Waals surface area contributed by atoms with E-state index >= 15 is 0 Å². The molecular formula is C15H18N2O3. The Kier molecular flexibility index (Phi) is 3.61. The summed E-state index contributed by atoms with van der Waals surface area (Å²) in [4.78, 5) is 30.2. The predicted octanol–water partition coefficient (Wildman–Crippen LogP) is 2.14. The van der Waals surface area contributed by atoms with Crippen molar-refractivity contribution in [1.29, 1.82) is 0 Å². The molecule has 1 heterocycles. The number of nitrogens with zero attached hydrogens (tertiary/aromatic N) is 1. The van der Waals surface area contributed by atoms with Gasteiger partial charge in [-0.1, -0.05) is 13.0 Å². The lowest BCUT2D eigenvalue weighted by atomic mass is 9.86. The first-order valence-electron chi connectivity index (χ1n) is 6.58. The van der Waals surface area contributed by atoms with Crippen molar-refractivity contribution in [3.63, 3.8) is 0 Å². The average molecular weight is 274 g/mol. The molecule has 106 valence electrons. The van der Waals surface area contributed by atoms with E-state index in [1.165, 1.54) is 0 Å². The molecule has 0 saturated carbocycles. The van der Waals surface area contributed by atoms with Crippen LogP contribution < -0.4 is 5.56 Å². The van der Waals surface area contributed by atoms with Crippen LogP contribution in [-0.2, 0) is 17.6 Å². The molecular weight excluding hydrogens is 256 g/mol. The predicted molar refractivity (Wildman–Crippen MR) is 76.9 cm³/mol. The van der Waals surface area contributed by atoms with Crippen LogP contribution in [0.4, 0.5) is 0 Å². The molecule has 5 nitrogen and oxygen atoms in total. The molecule has 2 aromatic rings. The number of carboxylic acids is 1. The number of aromatic amines is 1. The second kappa shape index (κ2) is 5.07. The summed E-state index contributed by atoms with van der Waals surface area (Å²) in [6, 6.07) is 5.33. The number of benzene rings is 1. The third kappa shape index (κ3) is 2.71. The summed E-state index contributed by atoms with van der Waals surface area (Å²) in [5.74, 6) is -0.202. The highest BCUT2D eigenvalue weighted by Crippen LogP contribution is 2.23. The summed E-state index contributed by atoms with van der Waals surface area (Å²) in [5.41, 5.74) is 0.419. The van der Waals surface area contributed by atoms with Gasteiger partial charge in [-0.05, 0) is 38.0 Å². The minimum Gasteiger partial charge on any atom is -0.481 e. The topological polar surface area (TPSA) is 83.0 Å². The average Bonchev–Trinajstić information content (AvgIpc) is 2.38. The van der Waals surface area contributed by atoms with Crippen LogP contribution in [0.3, 0.4) is 0 Å². The summed E-state index contributed by atoms with van der Waals surface area (Å²) in [7, 11) is 0. The molecule has 2 N–H and O–H groups in total. The first kappa shape index (κ1) is 14.2. The van der Waals surface area contributed by atoms with Gasteiger partial charge in [-0.15, -0.1) is 0 Å². The van der Waals surface area contributed by atoms with Crippen LogP contribution in [0.5, 0.6) is 0 Å². The molecule has 2 rings (SSSR count). The third-order valence-corrected chi connectivity index (χ3v) is 3.38. The van der Waals surface area contributed by atoms with E-state index in [0.717, 1.165) is 5.56 Å². The summed E-state index contributed by atoms with van der Waals surface area (Å²) >= 11 is 0. The normalized spacial score (nSPS) is 11.8. The SMILES string of the molecule is CCc1nc2ccc(CC(C)(C)C(=O)O)cc2c(=O)[nH]1. The number of carbonyl (C=O) groups is 1. The maximum atomic E-state index is 12.0. The first-order valence-corrected chi connectivity index (χ1v) is 6.58. The highest BCUT2D eigenvalue weighted by atomic mass is 16.4. The van der Waals surface area contributed by atoms with E-state index in [2.05, 4.69) is 9.97 Å². The molecule has 0 aliphatic carbocycles. The molecule has 0 spiro atoms. The zero-order chi connectivity index (χ0) is 14.9. The summed E-state index contributed by atoms with van der Waals surface area (Å²) < 4.78 is 0.